The molecule has 1 heterocycles. The number of hydrogen-bond acceptors (Lipinski definition) is 3. The summed E-state index contributed by atoms with van der Waals surface area (Å²) in [6.07, 6.45) is 1.17. The van der Waals surface area contributed by atoms with E-state index in [0.717, 1.165) is 16.7 Å². The van der Waals surface area contributed by atoms with Crippen molar-refractivity contribution < 1.29 is 9.21 Å². The van der Waals surface area contributed by atoms with Crippen LogP contribution in [0.4, 0.5) is 6.01 Å². The summed E-state index contributed by atoms with van der Waals surface area (Å²) in [5, 5.41) is 3.21. The summed E-state index contributed by atoms with van der Waals surface area (Å²) in [6, 6.07) is 11.5. The molecule has 4 nitrogen and oxygen atoms in total. The zero-order chi connectivity index (χ0) is 15.7. The number of aromatic nitrogens is 1. The molecule has 0 unspecified atom stereocenters. The Bertz CT molecular complexity index is 866. The number of benzene rings is 2. The highest BCUT2D eigenvalue weighted by atomic mass is 35.5. The molecule has 22 heavy (non-hydrogen) atoms. The lowest BCUT2D eigenvalue weighted by molar-refractivity contribution is -0.112. The molecule has 0 fully saturated rings. The molecule has 0 bridgehead atoms. The zero-order valence-corrected chi connectivity index (χ0v) is 12.6. The number of anilines is 1. The maximum Gasteiger partial charge on any atom is 0.302 e. The Morgan fingerprint density at radius 2 is 2.00 bits per heavy atom. The summed E-state index contributed by atoms with van der Waals surface area (Å²) in [5.41, 5.74) is 4.31. The monoisotopic (exact) mass is 312 g/mol. The maximum absolute atomic E-state index is 11.4. The molecular weight excluding hydrogens is 300 g/mol. The van der Waals surface area contributed by atoms with Gasteiger partial charge in [0.25, 0.3) is 5.91 Å². The molecule has 0 aliphatic rings. The van der Waals surface area contributed by atoms with E-state index < -0.39 is 0 Å². The van der Waals surface area contributed by atoms with Gasteiger partial charge in [-0.1, -0.05) is 36.4 Å². The minimum absolute atomic E-state index is 0.153. The first kappa shape index (κ1) is 14.4. The van der Waals surface area contributed by atoms with E-state index in [1.54, 1.807) is 0 Å². The molecule has 1 amide bonds. The molecular formula is C17H13ClN2O2. The number of carbonyl (C=O) groups excluding carboxylic acids is 1. The normalized spacial score (nSPS) is 10.6. The molecule has 0 spiro atoms. The summed E-state index contributed by atoms with van der Waals surface area (Å²) < 4.78 is 5.56. The number of carbonyl (C=O) groups is 1. The lowest BCUT2D eigenvalue weighted by Gasteiger charge is -2.06. The number of hydrogen-bond donors (Lipinski definition) is 1. The molecule has 0 saturated carbocycles. The fourth-order valence-corrected chi connectivity index (χ4v) is 2.41. The standard InChI is InChI=1S/C17H13ClN2O2/c1-3-14(21)19-17-20-16-13(22-17)9-4-10(2)15(16)11-5-7-12(18)8-6-11/h3-9H,1H2,2H3,(H,19,20,21). The van der Waals surface area contributed by atoms with Gasteiger partial charge >= 0.3 is 6.01 Å². The van der Waals surface area contributed by atoms with Gasteiger partial charge in [0.2, 0.25) is 0 Å². The van der Waals surface area contributed by atoms with E-state index in [2.05, 4.69) is 16.9 Å². The van der Waals surface area contributed by atoms with Crippen LogP contribution in [-0.2, 0) is 4.79 Å². The molecule has 0 radical (unpaired) electrons. The minimum atomic E-state index is -0.365. The van der Waals surface area contributed by atoms with E-state index in [4.69, 9.17) is 16.0 Å². The Balaban J connectivity index is 2.16. The van der Waals surface area contributed by atoms with Crippen molar-refractivity contribution in [3.8, 4) is 11.1 Å². The Kier molecular flexibility index (Phi) is 3.69. The highest BCUT2D eigenvalue weighted by Gasteiger charge is 2.14. The van der Waals surface area contributed by atoms with E-state index in [1.165, 1.54) is 6.08 Å². The van der Waals surface area contributed by atoms with Gasteiger partial charge in [-0.25, -0.2) is 0 Å². The lowest BCUT2D eigenvalue weighted by Crippen LogP contribution is -2.07. The van der Waals surface area contributed by atoms with Gasteiger partial charge in [0.05, 0.1) is 0 Å². The van der Waals surface area contributed by atoms with Gasteiger partial charge in [-0.05, 0) is 42.3 Å². The maximum atomic E-state index is 11.4. The molecule has 1 aromatic heterocycles. The van der Waals surface area contributed by atoms with Crippen molar-refractivity contribution >= 4 is 34.6 Å². The number of oxazole rings is 1. The number of rotatable bonds is 3. The predicted molar refractivity (Wildman–Crippen MR) is 88.0 cm³/mol. The number of halogens is 1. The van der Waals surface area contributed by atoms with Gasteiger partial charge in [-0.15, -0.1) is 0 Å². The Morgan fingerprint density at radius 1 is 1.27 bits per heavy atom. The molecule has 110 valence electrons. The summed E-state index contributed by atoms with van der Waals surface area (Å²) >= 11 is 5.94. The largest absolute Gasteiger partial charge is 0.423 e. The molecule has 2 aromatic carbocycles. The zero-order valence-electron chi connectivity index (χ0n) is 11.9. The van der Waals surface area contributed by atoms with Gasteiger partial charge in [-0.2, -0.15) is 4.98 Å². The van der Waals surface area contributed by atoms with Crippen molar-refractivity contribution in [1.82, 2.24) is 4.98 Å². The van der Waals surface area contributed by atoms with Crippen molar-refractivity contribution in [2.24, 2.45) is 0 Å². The second kappa shape index (κ2) is 5.66. The van der Waals surface area contributed by atoms with Crippen molar-refractivity contribution in [3.05, 3.63) is 59.6 Å². The van der Waals surface area contributed by atoms with Crippen molar-refractivity contribution in [3.63, 3.8) is 0 Å². The predicted octanol–water partition coefficient (Wildman–Crippen LogP) is 4.58. The number of fused-ring (bicyclic) bond motifs is 1. The van der Waals surface area contributed by atoms with Crippen LogP contribution in [0.15, 0.2) is 53.5 Å². The summed E-state index contributed by atoms with van der Waals surface area (Å²) in [6.45, 7) is 5.40. The van der Waals surface area contributed by atoms with Crippen LogP contribution in [0.5, 0.6) is 0 Å². The van der Waals surface area contributed by atoms with Crippen LogP contribution in [-0.4, -0.2) is 10.9 Å². The van der Waals surface area contributed by atoms with Crippen LogP contribution in [0, 0.1) is 6.92 Å². The van der Waals surface area contributed by atoms with Gasteiger partial charge in [0.15, 0.2) is 5.58 Å². The third-order valence-electron chi connectivity index (χ3n) is 3.32. The second-order valence-electron chi connectivity index (χ2n) is 4.82. The quantitative estimate of drug-likeness (QED) is 0.720. The van der Waals surface area contributed by atoms with Gasteiger partial charge in [-0.3, -0.25) is 10.1 Å². The van der Waals surface area contributed by atoms with Crippen molar-refractivity contribution in [1.29, 1.82) is 0 Å². The molecule has 0 aliphatic carbocycles. The highest BCUT2D eigenvalue weighted by Crippen LogP contribution is 2.33. The molecule has 5 heteroatoms. The Labute approximate surface area is 132 Å². The first-order valence-corrected chi connectivity index (χ1v) is 7.06. The SMILES string of the molecule is C=CC(=O)Nc1nc2c(-c3ccc(Cl)cc3)c(C)ccc2o1. The molecule has 0 saturated heterocycles. The van der Waals surface area contributed by atoms with E-state index in [1.807, 2.05) is 43.3 Å². The van der Waals surface area contributed by atoms with E-state index in [-0.39, 0.29) is 11.9 Å². The number of aryl methyl sites for hydroxylation is 1. The number of amides is 1. The Hall–Kier alpha value is -2.59. The first-order chi connectivity index (χ1) is 10.6. The molecule has 1 N–H and O–H groups in total. The Morgan fingerprint density at radius 3 is 2.68 bits per heavy atom. The number of nitrogens with zero attached hydrogens (tertiary/aromatic N) is 1. The topological polar surface area (TPSA) is 55.1 Å². The van der Waals surface area contributed by atoms with E-state index >= 15 is 0 Å². The van der Waals surface area contributed by atoms with E-state index in [9.17, 15) is 4.79 Å². The third kappa shape index (κ3) is 2.61. The van der Waals surface area contributed by atoms with Crippen LogP contribution in [0.25, 0.3) is 22.2 Å². The van der Waals surface area contributed by atoms with Gasteiger partial charge in [0.1, 0.15) is 5.52 Å². The fourth-order valence-electron chi connectivity index (χ4n) is 2.29. The minimum Gasteiger partial charge on any atom is -0.423 e. The first-order valence-electron chi connectivity index (χ1n) is 6.68. The summed E-state index contributed by atoms with van der Waals surface area (Å²) in [5.74, 6) is -0.365. The van der Waals surface area contributed by atoms with Crippen LogP contribution in [0.3, 0.4) is 0 Å². The smallest absolute Gasteiger partial charge is 0.302 e. The van der Waals surface area contributed by atoms with E-state index in [0.29, 0.717) is 16.1 Å². The summed E-state index contributed by atoms with van der Waals surface area (Å²) in [4.78, 5) is 15.8. The molecule has 3 aromatic rings. The molecule has 0 atom stereocenters. The number of nitrogens with one attached hydrogen (secondary N) is 1. The highest BCUT2D eigenvalue weighted by molar-refractivity contribution is 6.30. The average molecular weight is 313 g/mol. The van der Waals surface area contributed by atoms with Gasteiger partial charge < -0.3 is 4.42 Å². The average Bonchev–Trinajstić information content (AvgIpc) is 2.90. The van der Waals surface area contributed by atoms with Crippen molar-refractivity contribution in [2.75, 3.05) is 5.32 Å². The van der Waals surface area contributed by atoms with Crippen LogP contribution < -0.4 is 5.32 Å². The lowest BCUT2D eigenvalue weighted by atomic mass is 9.99. The van der Waals surface area contributed by atoms with Gasteiger partial charge in [0, 0.05) is 10.6 Å². The third-order valence-corrected chi connectivity index (χ3v) is 3.57. The van der Waals surface area contributed by atoms with Crippen LogP contribution >= 0.6 is 11.6 Å². The fraction of sp³-hybridized carbons (Fsp3) is 0.0588. The second-order valence-corrected chi connectivity index (χ2v) is 5.26. The summed E-state index contributed by atoms with van der Waals surface area (Å²) in [7, 11) is 0. The van der Waals surface area contributed by atoms with Crippen molar-refractivity contribution in [2.45, 2.75) is 6.92 Å². The van der Waals surface area contributed by atoms with Crippen LogP contribution in [0.1, 0.15) is 5.56 Å². The molecule has 3 rings (SSSR count). The van der Waals surface area contributed by atoms with Crippen LogP contribution in [0.2, 0.25) is 5.02 Å². The molecule has 0 aliphatic heterocycles.